The minimum Gasteiger partial charge on any atom is -0.289 e. The van der Waals surface area contributed by atoms with Crippen molar-refractivity contribution in [2.45, 2.75) is 0 Å². The first kappa shape index (κ1) is 9.44. The molecule has 0 radical (unpaired) electrons. The Balaban J connectivity index is 2.69. The molecule has 0 saturated heterocycles. The number of hydrogen-bond acceptors (Lipinski definition) is 2. The molecular formula is C10H6Cl2N2. The van der Waals surface area contributed by atoms with E-state index in [1.807, 2.05) is 6.07 Å². The van der Waals surface area contributed by atoms with Crippen LogP contribution < -0.4 is 0 Å². The average molecular weight is 225 g/mol. The number of halogens is 2. The van der Waals surface area contributed by atoms with Gasteiger partial charge in [-0.25, -0.2) is 0 Å². The van der Waals surface area contributed by atoms with Crippen molar-refractivity contribution in [2.75, 3.05) is 0 Å². The summed E-state index contributed by atoms with van der Waals surface area (Å²) in [5.74, 6) is 0. The summed E-state index contributed by atoms with van der Waals surface area (Å²) < 4.78 is 0. The van der Waals surface area contributed by atoms with Gasteiger partial charge in [-0.15, -0.1) is 0 Å². The smallest absolute Gasteiger partial charge is 0.128 e. The molecule has 0 bridgehead atoms. The third kappa shape index (κ3) is 1.72. The summed E-state index contributed by atoms with van der Waals surface area (Å²) >= 11 is 11.4. The van der Waals surface area contributed by atoms with Crippen LogP contribution in [0.3, 0.4) is 0 Å². The van der Waals surface area contributed by atoms with Crippen molar-refractivity contribution in [3.8, 4) is 0 Å². The Kier molecular flexibility index (Phi) is 2.40. The van der Waals surface area contributed by atoms with Gasteiger partial charge < -0.3 is 0 Å². The van der Waals surface area contributed by atoms with E-state index in [1.165, 1.54) is 0 Å². The second-order valence-electron chi connectivity index (χ2n) is 2.87. The highest BCUT2D eigenvalue weighted by Gasteiger charge is 2.00. The molecule has 70 valence electrons. The van der Waals surface area contributed by atoms with Gasteiger partial charge in [-0.05, 0) is 24.3 Å². The number of pyridine rings is 1. The van der Waals surface area contributed by atoms with Crippen molar-refractivity contribution in [2.24, 2.45) is 0 Å². The molecule has 0 amide bonds. The molecule has 2 aromatic rings. The summed E-state index contributed by atoms with van der Waals surface area (Å²) in [5, 5.41) is 8.77. The predicted octanol–water partition coefficient (Wildman–Crippen LogP) is 3.45. The van der Waals surface area contributed by atoms with Gasteiger partial charge in [0.2, 0.25) is 0 Å². The summed E-state index contributed by atoms with van der Waals surface area (Å²) in [6.07, 6.45) is 1.59. The maximum Gasteiger partial charge on any atom is 0.128 e. The van der Waals surface area contributed by atoms with Crippen LogP contribution in [0.2, 0.25) is 5.02 Å². The van der Waals surface area contributed by atoms with E-state index in [0.717, 1.165) is 10.9 Å². The molecule has 1 aromatic heterocycles. The molecule has 1 heterocycles. The van der Waals surface area contributed by atoms with Crippen LogP contribution in [0, 0.1) is 5.41 Å². The molecule has 1 aromatic carbocycles. The lowest BCUT2D eigenvalue weighted by atomic mass is 10.1. The lowest BCUT2D eigenvalue weighted by Crippen LogP contribution is -1.88. The Morgan fingerprint density at radius 1 is 1.29 bits per heavy atom. The highest BCUT2D eigenvalue weighted by molar-refractivity contribution is 6.68. The minimum atomic E-state index is 0.0203. The largest absolute Gasteiger partial charge is 0.289 e. The molecular weight excluding hydrogens is 219 g/mol. The van der Waals surface area contributed by atoms with Gasteiger partial charge in [0.25, 0.3) is 0 Å². The molecule has 0 unspecified atom stereocenters. The fourth-order valence-electron chi connectivity index (χ4n) is 1.24. The van der Waals surface area contributed by atoms with Crippen molar-refractivity contribution in [3.05, 3.63) is 41.0 Å². The van der Waals surface area contributed by atoms with E-state index in [-0.39, 0.29) is 5.17 Å². The van der Waals surface area contributed by atoms with E-state index >= 15 is 0 Å². The first-order chi connectivity index (χ1) is 6.66. The first-order valence-corrected chi connectivity index (χ1v) is 4.72. The lowest BCUT2D eigenvalue weighted by molar-refractivity contribution is 1.41. The van der Waals surface area contributed by atoms with Crippen LogP contribution in [0.15, 0.2) is 30.5 Å². The molecule has 4 heteroatoms. The van der Waals surface area contributed by atoms with Crippen LogP contribution in [0.5, 0.6) is 0 Å². The second kappa shape index (κ2) is 3.56. The molecule has 2 nitrogen and oxygen atoms in total. The third-order valence-corrected chi connectivity index (χ3v) is 2.33. The Morgan fingerprint density at radius 3 is 2.79 bits per heavy atom. The molecule has 0 saturated carbocycles. The van der Waals surface area contributed by atoms with Crippen molar-refractivity contribution in [1.29, 1.82) is 5.41 Å². The zero-order chi connectivity index (χ0) is 10.1. The van der Waals surface area contributed by atoms with Crippen molar-refractivity contribution in [1.82, 2.24) is 4.98 Å². The number of nitrogens with zero attached hydrogens (tertiary/aromatic N) is 1. The first-order valence-electron chi connectivity index (χ1n) is 3.96. The zero-order valence-corrected chi connectivity index (χ0v) is 8.60. The van der Waals surface area contributed by atoms with Crippen LogP contribution in [-0.4, -0.2) is 10.2 Å². The summed E-state index contributed by atoms with van der Waals surface area (Å²) in [7, 11) is 0. The molecule has 0 atom stereocenters. The zero-order valence-electron chi connectivity index (χ0n) is 7.09. The quantitative estimate of drug-likeness (QED) is 0.741. The lowest BCUT2D eigenvalue weighted by Gasteiger charge is -2.00. The predicted molar refractivity (Wildman–Crippen MR) is 59.4 cm³/mol. The number of hydrogen-bond donors (Lipinski definition) is 1. The van der Waals surface area contributed by atoms with Crippen molar-refractivity contribution >= 4 is 39.3 Å². The van der Waals surface area contributed by atoms with E-state index < -0.39 is 0 Å². The van der Waals surface area contributed by atoms with Gasteiger partial charge >= 0.3 is 0 Å². The highest BCUT2D eigenvalue weighted by atomic mass is 35.5. The van der Waals surface area contributed by atoms with E-state index in [0.29, 0.717) is 10.6 Å². The Hall–Kier alpha value is -1.12. The molecule has 2 rings (SSSR count). The summed E-state index contributed by atoms with van der Waals surface area (Å²) in [4.78, 5) is 4.14. The second-order valence-corrected chi connectivity index (χ2v) is 3.69. The third-order valence-electron chi connectivity index (χ3n) is 1.90. The summed E-state index contributed by atoms with van der Waals surface area (Å²) in [6, 6.07) is 7.17. The van der Waals surface area contributed by atoms with E-state index in [4.69, 9.17) is 28.6 Å². The van der Waals surface area contributed by atoms with Gasteiger partial charge in [0.05, 0.1) is 10.5 Å². The number of benzene rings is 1. The molecule has 0 aliphatic carbocycles. The van der Waals surface area contributed by atoms with E-state index in [9.17, 15) is 0 Å². The van der Waals surface area contributed by atoms with Gasteiger partial charge in [-0.3, -0.25) is 10.4 Å². The number of rotatable bonds is 1. The van der Waals surface area contributed by atoms with Gasteiger partial charge in [0.15, 0.2) is 0 Å². The summed E-state index contributed by atoms with van der Waals surface area (Å²) in [6.45, 7) is 0. The van der Waals surface area contributed by atoms with Crippen molar-refractivity contribution < 1.29 is 0 Å². The Bertz CT molecular complexity index is 508. The van der Waals surface area contributed by atoms with Crippen LogP contribution in [0.4, 0.5) is 0 Å². The molecule has 0 aliphatic rings. The topological polar surface area (TPSA) is 36.7 Å². The Labute approximate surface area is 91.0 Å². The number of aromatic nitrogens is 1. The number of fused-ring (bicyclic) bond motifs is 1. The van der Waals surface area contributed by atoms with Crippen molar-refractivity contribution in [3.63, 3.8) is 0 Å². The van der Waals surface area contributed by atoms with Crippen LogP contribution in [-0.2, 0) is 0 Å². The van der Waals surface area contributed by atoms with Crippen LogP contribution in [0.1, 0.15) is 5.56 Å². The maximum atomic E-state index is 7.28. The maximum absolute atomic E-state index is 7.28. The molecule has 0 spiro atoms. The summed E-state index contributed by atoms with van der Waals surface area (Å²) in [5.41, 5.74) is 1.51. The molecule has 1 N–H and O–H groups in total. The van der Waals surface area contributed by atoms with Gasteiger partial charge in [-0.2, -0.15) is 0 Å². The van der Waals surface area contributed by atoms with E-state index in [2.05, 4.69) is 4.98 Å². The minimum absolute atomic E-state index is 0.0203. The van der Waals surface area contributed by atoms with Crippen LogP contribution in [0.25, 0.3) is 10.9 Å². The fraction of sp³-hybridized carbons (Fsp3) is 0. The molecule has 0 aliphatic heterocycles. The van der Waals surface area contributed by atoms with E-state index in [1.54, 1.807) is 24.4 Å². The standard InChI is InChI=1S/C10H6Cl2N2/c11-8-4-7-3-6(10(12)13)1-2-9(7)14-5-8/h1-5,13H. The van der Waals surface area contributed by atoms with Gasteiger partial charge in [0.1, 0.15) is 5.17 Å². The monoisotopic (exact) mass is 224 g/mol. The number of nitrogens with one attached hydrogen (secondary N) is 1. The van der Waals surface area contributed by atoms with Gasteiger partial charge in [-0.1, -0.05) is 23.2 Å². The molecule has 14 heavy (non-hydrogen) atoms. The fourth-order valence-corrected chi connectivity index (χ4v) is 1.53. The van der Waals surface area contributed by atoms with Gasteiger partial charge in [0, 0.05) is 17.1 Å². The Morgan fingerprint density at radius 2 is 2.07 bits per heavy atom. The van der Waals surface area contributed by atoms with Crippen LogP contribution >= 0.6 is 23.2 Å². The average Bonchev–Trinajstić information content (AvgIpc) is 2.16. The molecule has 0 fully saturated rings. The normalized spacial score (nSPS) is 10.4. The highest BCUT2D eigenvalue weighted by Crippen LogP contribution is 2.18. The SMILES string of the molecule is N=C(Cl)c1ccc2ncc(Cl)cc2c1.